The van der Waals surface area contributed by atoms with Gasteiger partial charge in [0.2, 0.25) is 5.95 Å². The lowest BCUT2D eigenvalue weighted by atomic mass is 9.97. The zero-order valence-corrected chi connectivity index (χ0v) is 14.6. The maximum atomic E-state index is 6.07. The quantitative estimate of drug-likeness (QED) is 0.846. The van der Waals surface area contributed by atoms with Gasteiger partial charge in [-0.05, 0) is 37.6 Å². The Labute approximate surface area is 142 Å². The van der Waals surface area contributed by atoms with E-state index in [9.17, 15) is 0 Å². The van der Waals surface area contributed by atoms with E-state index in [1.807, 2.05) is 55.6 Å². The fraction of sp³-hybridized carbons (Fsp3) is 0.263. The number of ether oxygens (including phenoxy) is 1. The maximum absolute atomic E-state index is 6.07. The predicted octanol–water partition coefficient (Wildman–Crippen LogP) is 3.68. The maximum Gasteiger partial charge on any atom is 0.231 e. The first-order chi connectivity index (χ1) is 11.3. The van der Waals surface area contributed by atoms with Gasteiger partial charge in [0.15, 0.2) is 5.82 Å². The molecule has 0 atom stereocenters. The van der Waals surface area contributed by atoms with Crippen molar-refractivity contribution in [1.29, 1.82) is 0 Å². The summed E-state index contributed by atoms with van der Waals surface area (Å²) < 4.78 is 8.09. The fourth-order valence-corrected chi connectivity index (χ4v) is 2.81. The van der Waals surface area contributed by atoms with Crippen molar-refractivity contribution in [3.8, 4) is 5.69 Å². The predicted molar refractivity (Wildman–Crippen MR) is 97.1 cm³/mol. The van der Waals surface area contributed by atoms with Crippen molar-refractivity contribution in [2.24, 2.45) is 0 Å². The third-order valence-electron chi connectivity index (χ3n) is 4.03. The van der Waals surface area contributed by atoms with Gasteiger partial charge in [-0.25, -0.2) is 0 Å². The molecule has 5 heteroatoms. The average Bonchev–Trinajstić information content (AvgIpc) is 2.96. The Morgan fingerprint density at radius 2 is 2.00 bits per heavy atom. The largest absolute Gasteiger partial charge is 0.484 e. The Balaban J connectivity index is 2.37. The van der Waals surface area contributed by atoms with Crippen LogP contribution in [-0.4, -0.2) is 28.9 Å². The molecule has 0 unspecified atom stereocenters. The number of nitrogens with zero attached hydrogens (tertiary/aromatic N) is 4. The summed E-state index contributed by atoms with van der Waals surface area (Å²) in [7, 11) is 3.90. The highest BCUT2D eigenvalue weighted by Gasteiger charge is 2.26. The zero-order valence-electron chi connectivity index (χ0n) is 14.6. The molecule has 3 rings (SSSR count). The molecule has 5 nitrogen and oxygen atoms in total. The number of rotatable bonds is 2. The van der Waals surface area contributed by atoms with Crippen LogP contribution in [0, 0.1) is 0 Å². The Bertz CT molecular complexity index is 843. The molecule has 0 saturated carbocycles. The molecule has 0 saturated heterocycles. The van der Waals surface area contributed by atoms with E-state index in [0.29, 0.717) is 11.6 Å². The van der Waals surface area contributed by atoms with Gasteiger partial charge in [0.05, 0.1) is 5.69 Å². The van der Waals surface area contributed by atoms with Gasteiger partial charge in [-0.15, -0.1) is 10.2 Å². The molecular weight excluding hydrogens is 300 g/mol. The Morgan fingerprint density at radius 1 is 1.25 bits per heavy atom. The molecule has 2 aromatic rings. The molecule has 24 heavy (non-hydrogen) atoms. The first kappa shape index (κ1) is 16.1. The minimum atomic E-state index is -0.500. The Kier molecular flexibility index (Phi) is 3.79. The highest BCUT2D eigenvalue weighted by Crippen LogP contribution is 2.33. The lowest BCUT2D eigenvalue weighted by Crippen LogP contribution is -2.22. The summed E-state index contributed by atoms with van der Waals surface area (Å²) in [5, 5.41) is 8.70. The van der Waals surface area contributed by atoms with E-state index in [2.05, 4.69) is 35.5 Å². The van der Waals surface area contributed by atoms with Crippen LogP contribution in [0.15, 0.2) is 55.3 Å². The van der Waals surface area contributed by atoms with Crippen LogP contribution in [0.2, 0.25) is 0 Å². The van der Waals surface area contributed by atoms with Gasteiger partial charge in [-0.3, -0.25) is 4.57 Å². The first-order valence-electron chi connectivity index (χ1n) is 7.79. The van der Waals surface area contributed by atoms with Gasteiger partial charge < -0.3 is 9.64 Å². The summed E-state index contributed by atoms with van der Waals surface area (Å²) in [5.41, 5.74) is 2.34. The summed E-state index contributed by atoms with van der Waals surface area (Å²) in [4.78, 5) is 1.94. The number of hydrogen-bond acceptors (Lipinski definition) is 4. The van der Waals surface area contributed by atoms with Crippen LogP contribution in [0.4, 0.5) is 5.95 Å². The highest BCUT2D eigenvalue weighted by atomic mass is 16.5. The van der Waals surface area contributed by atoms with Crippen molar-refractivity contribution in [1.82, 2.24) is 14.8 Å². The van der Waals surface area contributed by atoms with Crippen molar-refractivity contribution in [3.05, 3.63) is 66.7 Å². The summed E-state index contributed by atoms with van der Waals surface area (Å²) in [6, 6.07) is 8.20. The molecule has 1 aliphatic rings. The summed E-state index contributed by atoms with van der Waals surface area (Å²) in [6.07, 6.45) is 3.59. The normalized spacial score (nSPS) is 18.0. The van der Waals surface area contributed by atoms with E-state index in [1.165, 1.54) is 0 Å². The van der Waals surface area contributed by atoms with Crippen LogP contribution in [-0.2, 0) is 10.3 Å². The molecule has 1 aliphatic heterocycles. The monoisotopic (exact) mass is 322 g/mol. The standard InChI is InChI=1S/C19H22N4O/c1-7-14-11-13(2)24-19(3,4)15-9-8-10-16(12-15)23-17(14)20-21-18(23)22(5)6/h7-12H,1-2H2,3-6H3/b14-11+. The van der Waals surface area contributed by atoms with Crippen molar-refractivity contribution < 1.29 is 4.74 Å². The number of allylic oxidation sites excluding steroid dienone is 3. The van der Waals surface area contributed by atoms with E-state index in [1.54, 1.807) is 6.08 Å². The molecule has 0 radical (unpaired) electrons. The first-order valence-corrected chi connectivity index (χ1v) is 7.79. The molecule has 0 aliphatic carbocycles. The van der Waals surface area contributed by atoms with Gasteiger partial charge in [-0.2, -0.15) is 0 Å². The van der Waals surface area contributed by atoms with Crippen LogP contribution >= 0.6 is 0 Å². The summed E-state index contributed by atoms with van der Waals surface area (Å²) >= 11 is 0. The van der Waals surface area contributed by atoms with Gasteiger partial charge in [-0.1, -0.05) is 31.4 Å². The zero-order chi connectivity index (χ0) is 17.5. The van der Waals surface area contributed by atoms with Crippen molar-refractivity contribution in [2.45, 2.75) is 19.4 Å². The van der Waals surface area contributed by atoms with E-state index in [4.69, 9.17) is 4.74 Å². The molecule has 0 amide bonds. The minimum Gasteiger partial charge on any atom is -0.484 e. The fourth-order valence-electron chi connectivity index (χ4n) is 2.81. The molecular formula is C19H22N4O. The lowest BCUT2D eigenvalue weighted by Gasteiger charge is -2.29. The Hall–Kier alpha value is -2.82. The highest BCUT2D eigenvalue weighted by molar-refractivity contribution is 5.73. The average molecular weight is 322 g/mol. The van der Waals surface area contributed by atoms with E-state index in [0.717, 1.165) is 22.8 Å². The van der Waals surface area contributed by atoms with Gasteiger partial charge >= 0.3 is 0 Å². The number of fused-ring (bicyclic) bond motifs is 4. The topological polar surface area (TPSA) is 43.2 Å². The van der Waals surface area contributed by atoms with Crippen molar-refractivity contribution in [2.75, 3.05) is 19.0 Å². The molecule has 2 heterocycles. The van der Waals surface area contributed by atoms with Crippen LogP contribution in [0.1, 0.15) is 25.2 Å². The van der Waals surface area contributed by atoms with Gasteiger partial charge in [0, 0.05) is 19.7 Å². The van der Waals surface area contributed by atoms with Crippen LogP contribution in [0.5, 0.6) is 0 Å². The second-order valence-electron chi connectivity index (χ2n) is 6.49. The molecule has 0 fully saturated rings. The van der Waals surface area contributed by atoms with Crippen LogP contribution < -0.4 is 4.90 Å². The van der Waals surface area contributed by atoms with Gasteiger partial charge in [0.25, 0.3) is 0 Å². The lowest BCUT2D eigenvalue weighted by molar-refractivity contribution is 0.0400. The number of hydrogen-bond donors (Lipinski definition) is 0. The third kappa shape index (κ3) is 2.62. The second-order valence-corrected chi connectivity index (χ2v) is 6.49. The number of aromatic nitrogens is 3. The van der Waals surface area contributed by atoms with Crippen molar-refractivity contribution in [3.63, 3.8) is 0 Å². The molecule has 1 aromatic carbocycles. The molecule has 2 bridgehead atoms. The molecule has 0 spiro atoms. The van der Waals surface area contributed by atoms with Crippen LogP contribution in [0.3, 0.4) is 0 Å². The third-order valence-corrected chi connectivity index (χ3v) is 4.03. The minimum absolute atomic E-state index is 0.500. The number of benzene rings is 1. The van der Waals surface area contributed by atoms with E-state index in [-0.39, 0.29) is 0 Å². The van der Waals surface area contributed by atoms with Crippen molar-refractivity contribution >= 4 is 11.5 Å². The van der Waals surface area contributed by atoms with E-state index < -0.39 is 5.60 Å². The SMILES string of the molecule is C=C/C1=C\C(=C)OC(C)(C)c2cccc(c2)-n2c1nnc2N(C)C. The van der Waals surface area contributed by atoms with Gasteiger partial charge in [0.1, 0.15) is 11.4 Å². The number of anilines is 1. The van der Waals surface area contributed by atoms with E-state index >= 15 is 0 Å². The molecule has 1 aromatic heterocycles. The molecule has 0 N–H and O–H groups in total. The van der Waals surface area contributed by atoms with Crippen LogP contribution in [0.25, 0.3) is 11.3 Å². The Morgan fingerprint density at radius 3 is 2.67 bits per heavy atom. The smallest absolute Gasteiger partial charge is 0.231 e. The summed E-state index contributed by atoms with van der Waals surface area (Å²) in [6.45, 7) is 12.0. The summed E-state index contributed by atoms with van der Waals surface area (Å²) in [5.74, 6) is 2.01. The second kappa shape index (κ2) is 5.67. The molecule has 124 valence electrons.